The van der Waals surface area contributed by atoms with Crippen molar-refractivity contribution in [3.05, 3.63) is 42.7 Å². The van der Waals surface area contributed by atoms with Crippen LogP contribution < -0.4 is 10.9 Å². The van der Waals surface area contributed by atoms with Crippen LogP contribution in [-0.4, -0.2) is 24.2 Å². The van der Waals surface area contributed by atoms with E-state index in [2.05, 4.69) is 21.1 Å². The van der Waals surface area contributed by atoms with Crippen LogP contribution in [0.2, 0.25) is 8.67 Å². The number of nitrogens with one attached hydrogen (secondary N) is 2. The maximum Gasteiger partial charge on any atom is 0.240 e. The summed E-state index contributed by atoms with van der Waals surface area (Å²) in [6.45, 7) is 0. The summed E-state index contributed by atoms with van der Waals surface area (Å²) in [6, 6.07) is 7.23. The Morgan fingerprint density at radius 1 is 0.786 bits per heavy atom. The van der Waals surface area contributed by atoms with Crippen molar-refractivity contribution < 1.29 is 9.59 Å². The van der Waals surface area contributed by atoms with Crippen LogP contribution in [0.3, 0.4) is 0 Å². The number of nitrogens with zero attached hydrogens (tertiary/aromatic N) is 2. The van der Waals surface area contributed by atoms with Crippen molar-refractivity contribution in [2.45, 2.75) is 38.5 Å². The number of amides is 2. The van der Waals surface area contributed by atoms with Crippen molar-refractivity contribution in [3.63, 3.8) is 0 Å². The Morgan fingerprint density at radius 2 is 1.21 bits per heavy atom. The predicted octanol–water partition coefficient (Wildman–Crippen LogP) is 5.06. The highest BCUT2D eigenvalue weighted by atomic mass is 35.5. The first-order valence-electron chi connectivity index (χ1n) is 8.67. The average Bonchev–Trinajstić information content (AvgIpc) is 3.26. The van der Waals surface area contributed by atoms with E-state index in [1.165, 1.54) is 22.7 Å². The maximum absolute atomic E-state index is 11.7. The number of rotatable bonds is 11. The fourth-order valence-electron chi connectivity index (χ4n) is 2.17. The zero-order chi connectivity index (χ0) is 20.2. The fourth-order valence-corrected chi connectivity index (χ4v) is 4.03. The van der Waals surface area contributed by atoms with Crippen LogP contribution in [0.5, 0.6) is 0 Å². The molecule has 0 saturated heterocycles. The molecule has 2 aromatic heterocycles. The topological polar surface area (TPSA) is 82.9 Å². The van der Waals surface area contributed by atoms with E-state index in [1.807, 2.05) is 12.1 Å². The van der Waals surface area contributed by atoms with Crippen LogP contribution in [0, 0.1) is 0 Å². The number of thiophene rings is 2. The second-order valence-corrected chi connectivity index (χ2v) is 9.28. The fraction of sp³-hybridized carbons (Fsp3) is 0.333. The van der Waals surface area contributed by atoms with E-state index in [0.717, 1.165) is 35.4 Å². The van der Waals surface area contributed by atoms with E-state index in [1.54, 1.807) is 24.6 Å². The third kappa shape index (κ3) is 9.45. The van der Waals surface area contributed by atoms with Gasteiger partial charge in [-0.25, -0.2) is 10.9 Å². The average molecular weight is 459 g/mol. The number of halogens is 2. The van der Waals surface area contributed by atoms with Gasteiger partial charge in [0.05, 0.1) is 21.1 Å². The lowest BCUT2D eigenvalue weighted by atomic mass is 10.1. The van der Waals surface area contributed by atoms with Crippen molar-refractivity contribution in [1.82, 2.24) is 10.9 Å². The summed E-state index contributed by atoms with van der Waals surface area (Å²) in [5.74, 6) is -0.251. The third-order valence-corrected chi connectivity index (χ3v) is 5.84. The van der Waals surface area contributed by atoms with Crippen molar-refractivity contribution in [2.24, 2.45) is 10.2 Å². The largest absolute Gasteiger partial charge is 0.273 e. The van der Waals surface area contributed by atoms with Crippen LogP contribution in [0.1, 0.15) is 48.3 Å². The highest BCUT2D eigenvalue weighted by Gasteiger charge is 2.02. The Kier molecular flexibility index (Phi) is 10.2. The summed E-state index contributed by atoms with van der Waals surface area (Å²) >= 11 is 14.4. The molecular formula is C18H20Cl2N4O2S2. The molecule has 2 rings (SSSR count). The Labute approximate surface area is 181 Å². The number of carbonyl (C=O) groups is 2. The minimum atomic E-state index is -0.125. The van der Waals surface area contributed by atoms with Crippen LogP contribution >= 0.6 is 45.9 Å². The monoisotopic (exact) mass is 458 g/mol. The Bertz CT molecular complexity index is 765. The number of hydrazone groups is 2. The molecule has 0 bridgehead atoms. The smallest absolute Gasteiger partial charge is 0.240 e. The molecule has 0 aliphatic heterocycles. The van der Waals surface area contributed by atoms with Crippen molar-refractivity contribution in [1.29, 1.82) is 0 Å². The summed E-state index contributed by atoms with van der Waals surface area (Å²) in [5.41, 5.74) is 4.99. The van der Waals surface area contributed by atoms with E-state index in [9.17, 15) is 9.59 Å². The van der Waals surface area contributed by atoms with Gasteiger partial charge in [0, 0.05) is 22.6 Å². The first kappa shape index (κ1) is 22.5. The predicted molar refractivity (Wildman–Crippen MR) is 118 cm³/mol. The van der Waals surface area contributed by atoms with E-state index >= 15 is 0 Å². The van der Waals surface area contributed by atoms with Gasteiger partial charge in [0.1, 0.15) is 0 Å². The standard InChI is InChI=1S/C18H20Cl2N4O2S2/c19-15-9-7-13(27-15)11-21-23-17(25)5-3-1-2-4-6-18(26)24-22-12-14-8-10-16(20)28-14/h7-12H,1-6H2,(H,23,25)(H,24,26)/b21-11-,22-12-. The Morgan fingerprint density at radius 3 is 1.57 bits per heavy atom. The number of hydrogen-bond acceptors (Lipinski definition) is 6. The van der Waals surface area contributed by atoms with Gasteiger partial charge in [0.2, 0.25) is 11.8 Å². The zero-order valence-corrected chi connectivity index (χ0v) is 18.1. The quantitative estimate of drug-likeness (QED) is 0.280. The van der Waals surface area contributed by atoms with Crippen molar-refractivity contribution >= 4 is 70.1 Å². The Hall–Kier alpha value is -1.74. The summed E-state index contributed by atoms with van der Waals surface area (Å²) in [5, 5.41) is 7.80. The Balaban J connectivity index is 1.47. The van der Waals surface area contributed by atoms with E-state index in [4.69, 9.17) is 23.2 Å². The minimum absolute atomic E-state index is 0.125. The zero-order valence-electron chi connectivity index (χ0n) is 15.0. The van der Waals surface area contributed by atoms with Crippen LogP contribution in [0.25, 0.3) is 0 Å². The summed E-state index contributed by atoms with van der Waals surface area (Å²) < 4.78 is 1.36. The molecule has 0 radical (unpaired) electrons. The van der Waals surface area contributed by atoms with Crippen molar-refractivity contribution in [3.8, 4) is 0 Å². The van der Waals surface area contributed by atoms with Gasteiger partial charge in [-0.15, -0.1) is 22.7 Å². The molecule has 0 aliphatic carbocycles. The number of hydrogen-bond donors (Lipinski definition) is 2. The number of unbranched alkanes of at least 4 members (excludes halogenated alkanes) is 3. The van der Waals surface area contributed by atoms with Crippen LogP contribution in [0.15, 0.2) is 34.5 Å². The summed E-state index contributed by atoms with van der Waals surface area (Å²) in [6.07, 6.45) is 7.22. The molecule has 0 atom stereocenters. The lowest BCUT2D eigenvalue weighted by Crippen LogP contribution is -2.17. The first-order valence-corrected chi connectivity index (χ1v) is 11.1. The summed E-state index contributed by atoms with van der Waals surface area (Å²) in [4.78, 5) is 25.1. The SMILES string of the molecule is O=C(CCCCCCC(=O)N/N=C\c1ccc(Cl)s1)N/N=C\c1ccc(Cl)s1. The molecule has 2 N–H and O–H groups in total. The summed E-state index contributed by atoms with van der Waals surface area (Å²) in [7, 11) is 0. The molecular weight excluding hydrogens is 439 g/mol. The molecule has 0 unspecified atom stereocenters. The molecule has 0 fully saturated rings. The maximum atomic E-state index is 11.7. The van der Waals surface area contributed by atoms with E-state index in [-0.39, 0.29) is 11.8 Å². The molecule has 28 heavy (non-hydrogen) atoms. The highest BCUT2D eigenvalue weighted by Crippen LogP contribution is 2.20. The molecule has 6 nitrogen and oxygen atoms in total. The van der Waals surface area contributed by atoms with Gasteiger partial charge in [0.25, 0.3) is 0 Å². The van der Waals surface area contributed by atoms with Crippen LogP contribution in [-0.2, 0) is 9.59 Å². The van der Waals surface area contributed by atoms with Crippen LogP contribution in [0.4, 0.5) is 0 Å². The molecule has 0 aromatic carbocycles. The molecule has 0 spiro atoms. The second kappa shape index (κ2) is 12.7. The molecule has 2 heterocycles. The minimum Gasteiger partial charge on any atom is -0.273 e. The van der Waals surface area contributed by atoms with Gasteiger partial charge in [-0.2, -0.15) is 10.2 Å². The number of carbonyl (C=O) groups excluding carboxylic acids is 2. The molecule has 10 heteroatoms. The van der Waals surface area contributed by atoms with E-state index in [0.29, 0.717) is 21.5 Å². The molecule has 2 amide bonds. The van der Waals surface area contributed by atoms with Crippen molar-refractivity contribution in [2.75, 3.05) is 0 Å². The first-order chi connectivity index (χ1) is 13.5. The van der Waals surface area contributed by atoms with Gasteiger partial charge in [-0.1, -0.05) is 36.0 Å². The molecule has 2 aromatic rings. The second-order valence-electron chi connectivity index (χ2n) is 5.78. The molecule has 150 valence electrons. The third-order valence-electron chi connectivity index (χ3n) is 3.51. The lowest BCUT2D eigenvalue weighted by Gasteiger charge is -2.01. The van der Waals surface area contributed by atoms with Gasteiger partial charge in [-0.05, 0) is 37.1 Å². The van der Waals surface area contributed by atoms with Gasteiger partial charge in [0.15, 0.2) is 0 Å². The van der Waals surface area contributed by atoms with Gasteiger partial charge < -0.3 is 0 Å². The lowest BCUT2D eigenvalue weighted by molar-refractivity contribution is -0.122. The molecule has 0 saturated carbocycles. The highest BCUT2D eigenvalue weighted by molar-refractivity contribution is 7.18. The van der Waals surface area contributed by atoms with Gasteiger partial charge in [-0.3, -0.25) is 9.59 Å². The molecule has 0 aliphatic rings. The van der Waals surface area contributed by atoms with E-state index < -0.39 is 0 Å². The van der Waals surface area contributed by atoms with Gasteiger partial charge >= 0.3 is 0 Å². The normalized spacial score (nSPS) is 11.4.